The fourth-order valence-electron chi connectivity index (χ4n) is 3.44. The smallest absolute Gasteiger partial charge is 0.305 e. The molecule has 0 spiro atoms. The highest BCUT2D eigenvalue weighted by atomic mass is 19.4. The predicted molar refractivity (Wildman–Crippen MR) is 100 cm³/mol. The summed E-state index contributed by atoms with van der Waals surface area (Å²) in [6, 6.07) is 7.16. The van der Waals surface area contributed by atoms with Crippen LogP contribution < -0.4 is 4.90 Å². The molecule has 11 heteroatoms. The van der Waals surface area contributed by atoms with Gasteiger partial charge in [0.2, 0.25) is 0 Å². The number of nitriles is 1. The first-order chi connectivity index (χ1) is 14.7. The molecular formula is C21H15F6N3O2. The molecule has 1 aliphatic rings. The minimum atomic E-state index is -4.92. The Morgan fingerprint density at radius 2 is 1.53 bits per heavy atom. The van der Waals surface area contributed by atoms with Gasteiger partial charge in [-0.15, -0.1) is 0 Å². The quantitative estimate of drug-likeness (QED) is 0.464. The van der Waals surface area contributed by atoms with Crippen molar-refractivity contribution in [3.8, 4) is 6.07 Å². The van der Waals surface area contributed by atoms with Gasteiger partial charge in [0.15, 0.2) is 0 Å². The van der Waals surface area contributed by atoms with E-state index in [0.29, 0.717) is 11.0 Å². The number of imide groups is 1. The molecule has 1 heterocycles. The number of carbonyl (C=O) groups excluding carboxylic acids is 2. The number of anilines is 1. The van der Waals surface area contributed by atoms with E-state index >= 15 is 0 Å². The number of carbonyl (C=O) groups is 2. The standard InChI is InChI=1S/C21H15F6N3O2/c1-19(2)17(31)30(14-8-7-12(10-28)16(9-14)21(25,26)27)18(32)29(19)11-13-5-3-4-6-15(13)20(22,23)24/h3-9H,11H2,1-2H3. The zero-order valence-corrected chi connectivity index (χ0v) is 16.7. The third kappa shape index (κ3) is 3.88. The van der Waals surface area contributed by atoms with Crippen LogP contribution in [0.25, 0.3) is 0 Å². The maximum atomic E-state index is 13.3. The number of rotatable bonds is 3. The molecule has 0 N–H and O–H groups in total. The van der Waals surface area contributed by atoms with Crippen LogP contribution in [-0.4, -0.2) is 22.4 Å². The molecule has 0 saturated carbocycles. The molecule has 2 aromatic carbocycles. The summed E-state index contributed by atoms with van der Waals surface area (Å²) >= 11 is 0. The fourth-order valence-corrected chi connectivity index (χ4v) is 3.44. The maximum absolute atomic E-state index is 13.3. The van der Waals surface area contributed by atoms with Crippen molar-refractivity contribution in [2.75, 3.05) is 4.90 Å². The van der Waals surface area contributed by atoms with Crippen LogP contribution in [0.1, 0.15) is 36.1 Å². The molecule has 1 saturated heterocycles. The molecule has 5 nitrogen and oxygen atoms in total. The lowest BCUT2D eigenvalue weighted by Gasteiger charge is -2.28. The van der Waals surface area contributed by atoms with Crippen molar-refractivity contribution in [1.82, 2.24) is 4.90 Å². The first-order valence-corrected chi connectivity index (χ1v) is 9.12. The topological polar surface area (TPSA) is 64.4 Å². The van der Waals surface area contributed by atoms with Crippen molar-refractivity contribution in [2.24, 2.45) is 0 Å². The van der Waals surface area contributed by atoms with Crippen molar-refractivity contribution < 1.29 is 35.9 Å². The molecule has 0 aliphatic carbocycles. The summed E-state index contributed by atoms with van der Waals surface area (Å²) in [5.41, 5.74) is -5.38. The van der Waals surface area contributed by atoms with Crippen molar-refractivity contribution in [2.45, 2.75) is 38.3 Å². The molecule has 0 aromatic heterocycles. The van der Waals surface area contributed by atoms with Gasteiger partial charge in [0, 0.05) is 6.54 Å². The SMILES string of the molecule is CC1(C)C(=O)N(c2ccc(C#N)c(C(F)(F)F)c2)C(=O)N1Cc1ccccc1C(F)(F)F. The number of urea groups is 1. The van der Waals surface area contributed by atoms with Crippen molar-refractivity contribution in [1.29, 1.82) is 5.26 Å². The summed E-state index contributed by atoms with van der Waals surface area (Å²) in [6.07, 6.45) is -9.63. The van der Waals surface area contributed by atoms with Gasteiger partial charge in [-0.25, -0.2) is 9.69 Å². The van der Waals surface area contributed by atoms with E-state index in [4.69, 9.17) is 5.26 Å². The van der Waals surface area contributed by atoms with Gasteiger partial charge >= 0.3 is 18.4 Å². The average molecular weight is 455 g/mol. The Morgan fingerprint density at radius 3 is 2.09 bits per heavy atom. The Labute approximate surface area is 178 Å². The molecule has 168 valence electrons. The number of hydrogen-bond acceptors (Lipinski definition) is 3. The first kappa shape index (κ1) is 23.1. The summed E-state index contributed by atoms with van der Waals surface area (Å²) in [7, 11) is 0. The molecule has 3 rings (SSSR count). The van der Waals surface area contributed by atoms with Crippen molar-refractivity contribution in [3.63, 3.8) is 0 Å². The second kappa shape index (κ2) is 7.55. The van der Waals surface area contributed by atoms with E-state index in [1.807, 2.05) is 0 Å². The lowest BCUT2D eigenvalue weighted by Crippen LogP contribution is -2.44. The van der Waals surface area contributed by atoms with Gasteiger partial charge in [0.25, 0.3) is 5.91 Å². The van der Waals surface area contributed by atoms with Crippen LogP contribution in [0.4, 0.5) is 36.8 Å². The van der Waals surface area contributed by atoms with E-state index in [2.05, 4.69) is 0 Å². The van der Waals surface area contributed by atoms with Crippen molar-refractivity contribution >= 4 is 17.6 Å². The summed E-state index contributed by atoms with van der Waals surface area (Å²) in [4.78, 5) is 27.3. The van der Waals surface area contributed by atoms with Crippen LogP contribution in [0.5, 0.6) is 0 Å². The molecule has 0 unspecified atom stereocenters. The van der Waals surface area contributed by atoms with E-state index < -0.39 is 58.8 Å². The number of benzene rings is 2. The van der Waals surface area contributed by atoms with Crippen LogP contribution in [0.2, 0.25) is 0 Å². The second-order valence-corrected chi connectivity index (χ2v) is 7.56. The zero-order chi connectivity index (χ0) is 24.1. The predicted octanol–water partition coefficient (Wildman–Crippen LogP) is 5.34. The Morgan fingerprint density at radius 1 is 0.938 bits per heavy atom. The molecule has 32 heavy (non-hydrogen) atoms. The normalized spacial score (nSPS) is 16.5. The van der Waals surface area contributed by atoms with Crippen molar-refractivity contribution in [3.05, 3.63) is 64.7 Å². The van der Waals surface area contributed by atoms with Gasteiger partial charge in [-0.3, -0.25) is 4.79 Å². The average Bonchev–Trinajstić information content (AvgIpc) is 2.86. The number of nitrogens with zero attached hydrogens (tertiary/aromatic N) is 3. The summed E-state index contributed by atoms with van der Waals surface area (Å²) in [6.45, 7) is 1.99. The highest BCUT2D eigenvalue weighted by Gasteiger charge is 2.52. The van der Waals surface area contributed by atoms with Crippen LogP contribution in [0.3, 0.4) is 0 Å². The number of halogens is 6. The molecule has 0 atom stereocenters. The molecule has 0 radical (unpaired) electrons. The third-order valence-electron chi connectivity index (χ3n) is 5.16. The highest BCUT2D eigenvalue weighted by Crippen LogP contribution is 2.39. The van der Waals surface area contributed by atoms with E-state index in [-0.39, 0.29) is 5.56 Å². The Kier molecular flexibility index (Phi) is 5.45. The minimum Gasteiger partial charge on any atom is -0.305 e. The summed E-state index contributed by atoms with van der Waals surface area (Å²) in [5.74, 6) is -0.912. The largest absolute Gasteiger partial charge is 0.417 e. The highest BCUT2D eigenvalue weighted by molar-refractivity contribution is 6.23. The number of amides is 3. The monoisotopic (exact) mass is 455 g/mol. The van der Waals surface area contributed by atoms with E-state index in [0.717, 1.165) is 29.2 Å². The van der Waals surface area contributed by atoms with E-state index in [1.165, 1.54) is 32.0 Å². The summed E-state index contributed by atoms with van der Waals surface area (Å²) < 4.78 is 80.0. The van der Waals surface area contributed by atoms with Gasteiger partial charge in [-0.2, -0.15) is 31.6 Å². The second-order valence-electron chi connectivity index (χ2n) is 7.56. The maximum Gasteiger partial charge on any atom is 0.417 e. The Hall–Kier alpha value is -3.55. The first-order valence-electron chi connectivity index (χ1n) is 9.12. The molecule has 0 bridgehead atoms. The van der Waals surface area contributed by atoms with Gasteiger partial charge in [-0.05, 0) is 43.7 Å². The van der Waals surface area contributed by atoms with Gasteiger partial charge in [-0.1, -0.05) is 18.2 Å². The number of alkyl halides is 6. The molecule has 3 amide bonds. The van der Waals surface area contributed by atoms with Crippen LogP contribution >= 0.6 is 0 Å². The Balaban J connectivity index is 2.05. The lowest BCUT2D eigenvalue weighted by atomic mass is 10.0. The van der Waals surface area contributed by atoms with E-state index in [9.17, 15) is 35.9 Å². The van der Waals surface area contributed by atoms with Crippen LogP contribution in [0.15, 0.2) is 42.5 Å². The Bertz CT molecular complexity index is 1130. The van der Waals surface area contributed by atoms with Crippen LogP contribution in [-0.2, 0) is 23.7 Å². The lowest BCUT2D eigenvalue weighted by molar-refractivity contribution is -0.139. The third-order valence-corrected chi connectivity index (χ3v) is 5.16. The van der Waals surface area contributed by atoms with Crippen LogP contribution in [0, 0.1) is 11.3 Å². The molecule has 1 fully saturated rings. The summed E-state index contributed by atoms with van der Waals surface area (Å²) in [5, 5.41) is 8.93. The van der Waals surface area contributed by atoms with Gasteiger partial charge < -0.3 is 4.90 Å². The van der Waals surface area contributed by atoms with E-state index in [1.54, 1.807) is 0 Å². The molecule has 1 aliphatic heterocycles. The molecular weight excluding hydrogens is 440 g/mol. The van der Waals surface area contributed by atoms with Gasteiger partial charge in [0.05, 0.1) is 28.4 Å². The molecule has 2 aromatic rings. The minimum absolute atomic E-state index is 0.271. The zero-order valence-electron chi connectivity index (χ0n) is 16.7. The number of hydrogen-bond donors (Lipinski definition) is 0. The fraction of sp³-hybridized carbons (Fsp3) is 0.286. The van der Waals surface area contributed by atoms with Gasteiger partial charge in [0.1, 0.15) is 5.54 Å².